The summed E-state index contributed by atoms with van der Waals surface area (Å²) in [5.41, 5.74) is 0.244. The molecule has 0 aliphatic heterocycles. The third kappa shape index (κ3) is 9.99. The summed E-state index contributed by atoms with van der Waals surface area (Å²) < 4.78 is 13.4. The van der Waals surface area contributed by atoms with Gasteiger partial charge in [0.05, 0.1) is 33.4 Å². The predicted molar refractivity (Wildman–Crippen MR) is 147 cm³/mol. The Bertz CT molecular complexity index is 611. The molecular weight excluding hydrogens is 434 g/mol. The highest BCUT2D eigenvalue weighted by Crippen LogP contribution is 2.70. The van der Waals surface area contributed by atoms with Gasteiger partial charge in [-0.3, -0.25) is 4.79 Å². The second-order valence-electron chi connectivity index (χ2n) is 13.6. The van der Waals surface area contributed by atoms with Gasteiger partial charge >= 0.3 is 5.97 Å². The number of nitrogens with zero attached hydrogens (tertiary/aromatic N) is 1. The summed E-state index contributed by atoms with van der Waals surface area (Å²) >= 11 is 0. The number of rotatable bonds is 19. The van der Waals surface area contributed by atoms with Crippen molar-refractivity contribution >= 4 is 5.97 Å². The molecule has 2 saturated carbocycles. The van der Waals surface area contributed by atoms with Crippen LogP contribution in [0.5, 0.6) is 0 Å². The fourth-order valence-electron chi connectivity index (χ4n) is 6.67. The molecule has 206 valence electrons. The molecule has 4 heteroatoms. The highest BCUT2D eigenvalue weighted by molar-refractivity contribution is 5.69. The van der Waals surface area contributed by atoms with E-state index in [-0.39, 0.29) is 23.1 Å². The number of carbonyl (C=O) groups is 1. The van der Waals surface area contributed by atoms with E-state index < -0.39 is 0 Å². The standard InChI is InChI=1S/C31H60NO3/c1-8-9-10-11-12-13-14-15-16-17-18-19-20-29(33)35-27(24-32(5,6)7)25-34-31-23-26(2)21-22-28(31)30(31,3)4/h26-28H,8-25H2,1-7H3/q+1/t26?,27-,28?,31?/m1/s1. The fourth-order valence-corrected chi connectivity index (χ4v) is 6.67. The van der Waals surface area contributed by atoms with Crippen LogP contribution >= 0.6 is 0 Å². The first-order valence-electron chi connectivity index (χ1n) is 15.2. The highest BCUT2D eigenvalue weighted by Gasteiger charge is 2.73. The van der Waals surface area contributed by atoms with Gasteiger partial charge in [-0.05, 0) is 36.5 Å². The van der Waals surface area contributed by atoms with Gasteiger partial charge in [0.15, 0.2) is 6.10 Å². The van der Waals surface area contributed by atoms with Crippen LogP contribution in [0.2, 0.25) is 0 Å². The lowest BCUT2D eigenvalue weighted by Crippen LogP contribution is -2.46. The Hall–Kier alpha value is -0.610. The molecule has 0 saturated heterocycles. The third-order valence-electron chi connectivity index (χ3n) is 8.85. The number of unbranched alkanes of at least 4 members (excludes halogenated alkanes) is 11. The molecule has 0 bridgehead atoms. The first-order chi connectivity index (χ1) is 16.5. The maximum atomic E-state index is 12.7. The summed E-state index contributed by atoms with van der Waals surface area (Å²) in [7, 11) is 6.49. The number of likely N-dealkylation sites (N-methyl/N-ethyl adjacent to an activating group) is 1. The smallest absolute Gasteiger partial charge is 0.306 e. The molecule has 2 rings (SSSR count). The van der Waals surface area contributed by atoms with Crippen molar-refractivity contribution in [1.82, 2.24) is 0 Å². The first-order valence-corrected chi connectivity index (χ1v) is 15.2. The molecule has 0 N–H and O–H groups in total. The summed E-state index contributed by atoms with van der Waals surface area (Å²) in [6, 6.07) is 0. The van der Waals surface area contributed by atoms with E-state index >= 15 is 0 Å². The summed E-state index contributed by atoms with van der Waals surface area (Å²) in [5, 5.41) is 0. The van der Waals surface area contributed by atoms with Crippen LogP contribution in [-0.2, 0) is 14.3 Å². The van der Waals surface area contributed by atoms with E-state index in [2.05, 4.69) is 48.8 Å². The molecule has 0 aromatic heterocycles. The van der Waals surface area contributed by atoms with E-state index in [4.69, 9.17) is 9.47 Å². The van der Waals surface area contributed by atoms with Crippen LogP contribution in [0.25, 0.3) is 0 Å². The maximum absolute atomic E-state index is 12.7. The molecule has 0 heterocycles. The average molecular weight is 495 g/mol. The zero-order chi connectivity index (χ0) is 26.0. The quantitative estimate of drug-likeness (QED) is 0.104. The van der Waals surface area contributed by atoms with Gasteiger partial charge in [-0.15, -0.1) is 0 Å². The van der Waals surface area contributed by atoms with E-state index in [1.807, 2.05) is 0 Å². The highest BCUT2D eigenvalue weighted by atomic mass is 16.6. The Morgan fingerprint density at radius 2 is 1.43 bits per heavy atom. The topological polar surface area (TPSA) is 35.5 Å². The second-order valence-corrected chi connectivity index (χ2v) is 13.6. The third-order valence-corrected chi connectivity index (χ3v) is 8.85. The van der Waals surface area contributed by atoms with Crippen molar-refractivity contribution in [3.63, 3.8) is 0 Å². The molecule has 0 aromatic carbocycles. The van der Waals surface area contributed by atoms with Crippen molar-refractivity contribution in [1.29, 1.82) is 0 Å². The SMILES string of the molecule is CCCCCCCCCCCCCCC(=O)O[C@@H](COC12CC(C)CCC1C2(C)C)C[N+](C)(C)C. The van der Waals surface area contributed by atoms with Gasteiger partial charge in [-0.1, -0.05) is 105 Å². The van der Waals surface area contributed by atoms with Crippen molar-refractivity contribution < 1.29 is 18.8 Å². The maximum Gasteiger partial charge on any atom is 0.306 e. The van der Waals surface area contributed by atoms with Crippen LogP contribution in [0.4, 0.5) is 0 Å². The van der Waals surface area contributed by atoms with Crippen LogP contribution in [0.3, 0.4) is 0 Å². The minimum absolute atomic E-state index is 0.00425. The molecule has 4 nitrogen and oxygen atoms in total. The molecule has 0 aromatic rings. The predicted octanol–water partition coefficient (Wildman–Crippen LogP) is 7.93. The van der Waals surface area contributed by atoms with Gasteiger partial charge < -0.3 is 14.0 Å². The molecular formula is C31H60NO3+. The monoisotopic (exact) mass is 494 g/mol. The minimum Gasteiger partial charge on any atom is -0.454 e. The van der Waals surface area contributed by atoms with E-state index in [1.165, 1.54) is 77.0 Å². The van der Waals surface area contributed by atoms with Gasteiger partial charge in [0, 0.05) is 6.42 Å². The van der Waals surface area contributed by atoms with Gasteiger partial charge in [0.2, 0.25) is 0 Å². The average Bonchev–Trinajstić information content (AvgIpc) is 3.25. The number of fused-ring (bicyclic) bond motifs is 1. The fraction of sp³-hybridized carbons (Fsp3) is 0.968. The Morgan fingerprint density at radius 1 is 0.886 bits per heavy atom. The number of hydrogen-bond acceptors (Lipinski definition) is 3. The lowest BCUT2D eigenvalue weighted by molar-refractivity contribution is -0.873. The Balaban J connectivity index is 1.63. The molecule has 4 atom stereocenters. The molecule has 0 amide bonds. The summed E-state index contributed by atoms with van der Waals surface area (Å²) in [5.74, 6) is 1.34. The van der Waals surface area contributed by atoms with Crippen LogP contribution in [0.15, 0.2) is 0 Å². The normalized spacial score (nSPS) is 26.3. The number of ether oxygens (including phenoxy) is 2. The lowest BCUT2D eigenvalue weighted by Gasteiger charge is -2.32. The Kier molecular flexibility index (Phi) is 12.6. The molecule has 35 heavy (non-hydrogen) atoms. The van der Waals surface area contributed by atoms with E-state index in [9.17, 15) is 4.79 Å². The van der Waals surface area contributed by atoms with Crippen LogP contribution in [0.1, 0.15) is 130 Å². The minimum atomic E-state index is -0.163. The van der Waals surface area contributed by atoms with Crippen molar-refractivity contribution in [2.24, 2.45) is 17.3 Å². The summed E-state index contributed by atoms with van der Waals surface area (Å²) in [4.78, 5) is 12.7. The molecule has 2 aliphatic carbocycles. The van der Waals surface area contributed by atoms with E-state index in [0.717, 1.165) is 36.2 Å². The largest absolute Gasteiger partial charge is 0.454 e. The molecule has 0 radical (unpaired) electrons. The Morgan fingerprint density at radius 3 is 1.97 bits per heavy atom. The van der Waals surface area contributed by atoms with Crippen molar-refractivity contribution in [2.75, 3.05) is 34.3 Å². The molecule has 0 spiro atoms. The van der Waals surface area contributed by atoms with Crippen LogP contribution in [-0.4, -0.2) is 56.5 Å². The van der Waals surface area contributed by atoms with Gasteiger partial charge in [0.1, 0.15) is 6.54 Å². The number of esters is 1. The second kappa shape index (κ2) is 14.4. The number of carbonyl (C=O) groups excluding carboxylic acids is 1. The summed E-state index contributed by atoms with van der Waals surface area (Å²) in [6.45, 7) is 10.7. The van der Waals surface area contributed by atoms with E-state index in [0.29, 0.717) is 18.9 Å². The van der Waals surface area contributed by atoms with Crippen molar-refractivity contribution in [3.8, 4) is 0 Å². The van der Waals surface area contributed by atoms with Crippen molar-refractivity contribution in [2.45, 2.75) is 142 Å². The van der Waals surface area contributed by atoms with Crippen LogP contribution < -0.4 is 0 Å². The zero-order valence-corrected chi connectivity index (χ0v) is 24.6. The lowest BCUT2D eigenvalue weighted by atomic mass is 9.88. The Labute approximate surface area is 218 Å². The van der Waals surface area contributed by atoms with E-state index in [1.54, 1.807) is 0 Å². The first kappa shape index (κ1) is 30.6. The molecule has 3 unspecified atom stereocenters. The number of quaternary nitrogens is 1. The summed E-state index contributed by atoms with van der Waals surface area (Å²) in [6.07, 6.45) is 19.8. The van der Waals surface area contributed by atoms with Gasteiger partial charge in [0.25, 0.3) is 0 Å². The zero-order valence-electron chi connectivity index (χ0n) is 24.6. The van der Waals surface area contributed by atoms with Gasteiger partial charge in [-0.2, -0.15) is 0 Å². The molecule has 2 fully saturated rings. The number of hydrogen-bond donors (Lipinski definition) is 0. The van der Waals surface area contributed by atoms with Crippen LogP contribution in [0, 0.1) is 17.3 Å². The molecule has 2 aliphatic rings. The van der Waals surface area contributed by atoms with Gasteiger partial charge in [-0.25, -0.2) is 0 Å². The van der Waals surface area contributed by atoms with Crippen molar-refractivity contribution in [3.05, 3.63) is 0 Å².